The fourth-order valence-corrected chi connectivity index (χ4v) is 3.89. The second kappa shape index (κ2) is 6.66. The molecule has 9 heteroatoms. The average molecular weight is 413 g/mol. The van der Waals surface area contributed by atoms with Crippen LogP contribution >= 0.6 is 0 Å². The molecule has 6 nitrogen and oxygen atoms in total. The number of alkyl halides is 3. The van der Waals surface area contributed by atoms with E-state index in [2.05, 4.69) is 20.2 Å². The molecule has 1 N–H and O–H groups in total. The van der Waals surface area contributed by atoms with Gasteiger partial charge in [0.15, 0.2) is 0 Å². The summed E-state index contributed by atoms with van der Waals surface area (Å²) in [7, 11) is 1.89. The fraction of sp³-hybridized carbons (Fsp3) is 0.286. The normalized spacial score (nSPS) is 16.0. The molecule has 5 rings (SSSR count). The molecule has 154 valence electrons. The highest BCUT2D eigenvalue weighted by atomic mass is 19.4. The smallest absolute Gasteiger partial charge is 0.379 e. The number of halogens is 3. The van der Waals surface area contributed by atoms with Crippen molar-refractivity contribution in [2.75, 3.05) is 13.2 Å². The number of H-pyrrole nitrogens is 1. The molecule has 0 saturated carbocycles. The third-order valence-electron chi connectivity index (χ3n) is 5.63. The van der Waals surface area contributed by atoms with Gasteiger partial charge in [-0.1, -0.05) is 24.3 Å². The second-order valence-electron chi connectivity index (χ2n) is 7.67. The zero-order valence-electron chi connectivity index (χ0n) is 16.1. The molecule has 1 saturated heterocycles. The summed E-state index contributed by atoms with van der Waals surface area (Å²) < 4.78 is 47.4. The van der Waals surface area contributed by atoms with Crippen molar-refractivity contribution in [3.8, 4) is 11.4 Å². The predicted octanol–water partition coefficient (Wildman–Crippen LogP) is 3.89. The minimum atomic E-state index is -4.45. The van der Waals surface area contributed by atoms with E-state index in [-0.39, 0.29) is 16.4 Å². The number of nitrogens with one attached hydrogen (secondary N) is 1. The summed E-state index contributed by atoms with van der Waals surface area (Å²) >= 11 is 0. The van der Waals surface area contributed by atoms with Gasteiger partial charge in [-0.2, -0.15) is 13.2 Å². The van der Waals surface area contributed by atoms with Gasteiger partial charge in [0, 0.05) is 24.4 Å². The number of hydrogen-bond donors (Lipinski definition) is 1. The largest absolute Gasteiger partial charge is 0.418 e. The molecule has 0 radical (unpaired) electrons. The Kier molecular flexibility index (Phi) is 4.18. The maximum Gasteiger partial charge on any atom is 0.418 e. The highest BCUT2D eigenvalue weighted by Crippen LogP contribution is 2.38. The highest BCUT2D eigenvalue weighted by molar-refractivity contribution is 5.83. The third kappa shape index (κ3) is 3.06. The van der Waals surface area contributed by atoms with Gasteiger partial charge in [0.2, 0.25) is 0 Å². The zero-order chi connectivity index (χ0) is 20.9. The molecule has 0 atom stereocenters. The zero-order valence-corrected chi connectivity index (χ0v) is 16.1. The first kappa shape index (κ1) is 18.8. The summed E-state index contributed by atoms with van der Waals surface area (Å²) in [5.41, 5.74) is 1.06. The van der Waals surface area contributed by atoms with Crippen LogP contribution in [0.1, 0.15) is 17.0 Å². The lowest BCUT2D eigenvalue weighted by Crippen LogP contribution is -2.49. The standard InChI is InChI=1S/C21H18F3N5O/c1-29-12-25-28-17(29)9-20(10-30-11-20)14-5-2-4-13(8-14)19-26-16-7-3-6-15(18(16)27-19)21(22,23)24/h2-8,12H,9-11H2,1H3,(H,26,27). The van der Waals surface area contributed by atoms with Crippen molar-refractivity contribution in [2.45, 2.75) is 18.0 Å². The van der Waals surface area contributed by atoms with Crippen molar-refractivity contribution in [1.82, 2.24) is 24.7 Å². The summed E-state index contributed by atoms with van der Waals surface area (Å²) in [6.45, 7) is 1.09. The third-order valence-corrected chi connectivity index (χ3v) is 5.63. The Hall–Kier alpha value is -3.20. The first-order valence-corrected chi connectivity index (χ1v) is 9.43. The Bertz CT molecular complexity index is 1220. The van der Waals surface area contributed by atoms with Gasteiger partial charge in [0.05, 0.1) is 29.8 Å². The van der Waals surface area contributed by atoms with Crippen LogP contribution in [0.5, 0.6) is 0 Å². The summed E-state index contributed by atoms with van der Waals surface area (Å²) in [5.74, 6) is 1.25. The monoisotopic (exact) mass is 413 g/mol. The fourth-order valence-electron chi connectivity index (χ4n) is 3.89. The predicted molar refractivity (Wildman–Crippen MR) is 104 cm³/mol. The minimum absolute atomic E-state index is 0.00817. The summed E-state index contributed by atoms with van der Waals surface area (Å²) in [6, 6.07) is 11.7. The second-order valence-corrected chi connectivity index (χ2v) is 7.67. The Labute approximate surface area is 169 Å². The first-order chi connectivity index (χ1) is 14.4. The van der Waals surface area contributed by atoms with Crippen LogP contribution in [0.4, 0.5) is 13.2 Å². The van der Waals surface area contributed by atoms with Crippen LogP contribution in [0.25, 0.3) is 22.4 Å². The van der Waals surface area contributed by atoms with Gasteiger partial charge in [-0.3, -0.25) is 0 Å². The Morgan fingerprint density at radius 1 is 1.17 bits per heavy atom. The molecule has 0 unspecified atom stereocenters. The Balaban J connectivity index is 1.55. The number of aromatic amines is 1. The number of imidazole rings is 1. The quantitative estimate of drug-likeness (QED) is 0.551. The lowest BCUT2D eigenvalue weighted by molar-refractivity contribution is -0.136. The number of aromatic nitrogens is 5. The summed E-state index contributed by atoms with van der Waals surface area (Å²) in [6.07, 6.45) is -2.13. The number of aryl methyl sites for hydroxylation is 1. The van der Waals surface area contributed by atoms with Crippen molar-refractivity contribution in [3.63, 3.8) is 0 Å². The average Bonchev–Trinajstić information content (AvgIpc) is 3.29. The van der Waals surface area contributed by atoms with Crippen LogP contribution in [-0.4, -0.2) is 37.9 Å². The van der Waals surface area contributed by atoms with Gasteiger partial charge < -0.3 is 14.3 Å². The van der Waals surface area contributed by atoms with Crippen LogP contribution in [0, 0.1) is 0 Å². The van der Waals surface area contributed by atoms with Crippen LogP contribution in [0.2, 0.25) is 0 Å². The Morgan fingerprint density at radius 2 is 1.97 bits per heavy atom. The van der Waals surface area contributed by atoms with E-state index in [1.54, 1.807) is 12.4 Å². The molecule has 1 aliphatic heterocycles. The van der Waals surface area contributed by atoms with Crippen LogP contribution < -0.4 is 0 Å². The van der Waals surface area contributed by atoms with Gasteiger partial charge in [0.25, 0.3) is 0 Å². The van der Waals surface area contributed by atoms with Crippen LogP contribution in [-0.2, 0) is 29.8 Å². The molecule has 2 aromatic heterocycles. The van der Waals surface area contributed by atoms with Gasteiger partial charge in [-0.05, 0) is 23.8 Å². The van der Waals surface area contributed by atoms with E-state index in [0.717, 1.165) is 23.0 Å². The molecule has 0 spiro atoms. The molecular formula is C21H18F3N5O. The van der Waals surface area contributed by atoms with E-state index >= 15 is 0 Å². The van der Waals surface area contributed by atoms with Crippen molar-refractivity contribution in [3.05, 3.63) is 65.7 Å². The number of hydrogen-bond acceptors (Lipinski definition) is 4. The topological polar surface area (TPSA) is 68.6 Å². The Morgan fingerprint density at radius 3 is 2.63 bits per heavy atom. The molecule has 2 aromatic carbocycles. The maximum atomic E-state index is 13.3. The van der Waals surface area contributed by atoms with E-state index in [1.807, 2.05) is 35.9 Å². The molecule has 1 fully saturated rings. The van der Waals surface area contributed by atoms with Crippen molar-refractivity contribution < 1.29 is 17.9 Å². The molecule has 0 aliphatic carbocycles. The van der Waals surface area contributed by atoms with E-state index in [1.165, 1.54) is 6.07 Å². The van der Waals surface area contributed by atoms with Gasteiger partial charge in [-0.15, -0.1) is 10.2 Å². The highest BCUT2D eigenvalue weighted by Gasteiger charge is 2.42. The SMILES string of the molecule is Cn1cnnc1CC1(c2cccc(-c3nc4cccc(C(F)(F)F)c4[nH]3)c2)COC1. The van der Waals surface area contributed by atoms with Crippen LogP contribution in [0.3, 0.4) is 0 Å². The number of para-hydroxylation sites is 1. The number of fused-ring (bicyclic) bond motifs is 1. The molecule has 30 heavy (non-hydrogen) atoms. The van der Waals surface area contributed by atoms with Crippen molar-refractivity contribution in [1.29, 1.82) is 0 Å². The lowest BCUT2D eigenvalue weighted by Gasteiger charge is -2.41. The summed E-state index contributed by atoms with van der Waals surface area (Å²) in [5, 5.41) is 8.12. The summed E-state index contributed by atoms with van der Waals surface area (Å²) in [4.78, 5) is 7.27. The lowest BCUT2D eigenvalue weighted by atomic mass is 9.75. The van der Waals surface area contributed by atoms with E-state index in [9.17, 15) is 13.2 Å². The van der Waals surface area contributed by atoms with E-state index in [0.29, 0.717) is 25.5 Å². The van der Waals surface area contributed by atoms with Gasteiger partial charge in [-0.25, -0.2) is 4.98 Å². The molecule has 4 aromatic rings. The van der Waals surface area contributed by atoms with Crippen molar-refractivity contribution in [2.24, 2.45) is 7.05 Å². The maximum absolute atomic E-state index is 13.3. The minimum Gasteiger partial charge on any atom is -0.379 e. The molecule has 0 amide bonds. The van der Waals surface area contributed by atoms with Crippen molar-refractivity contribution >= 4 is 11.0 Å². The molecule has 0 bridgehead atoms. The molecular weight excluding hydrogens is 395 g/mol. The van der Waals surface area contributed by atoms with E-state index < -0.39 is 11.7 Å². The number of benzene rings is 2. The number of rotatable bonds is 4. The number of ether oxygens (including phenoxy) is 1. The van der Waals surface area contributed by atoms with E-state index in [4.69, 9.17) is 4.74 Å². The molecule has 1 aliphatic rings. The van der Waals surface area contributed by atoms with Gasteiger partial charge in [0.1, 0.15) is 18.0 Å². The first-order valence-electron chi connectivity index (χ1n) is 9.43. The molecule has 3 heterocycles. The number of nitrogens with zero attached hydrogens (tertiary/aromatic N) is 4. The van der Waals surface area contributed by atoms with Gasteiger partial charge >= 0.3 is 6.18 Å². The van der Waals surface area contributed by atoms with Crippen LogP contribution in [0.15, 0.2) is 48.8 Å².